The van der Waals surface area contributed by atoms with Crippen LogP contribution in [0, 0.1) is 10.1 Å². The maximum atomic E-state index is 10.6. The maximum Gasteiger partial charge on any atom is 0.294 e. The van der Waals surface area contributed by atoms with Crippen molar-refractivity contribution < 1.29 is 4.92 Å². The molecule has 5 nitrogen and oxygen atoms in total. The Morgan fingerprint density at radius 3 is 2.86 bits per heavy atom. The third-order valence-electron chi connectivity index (χ3n) is 1.58. The summed E-state index contributed by atoms with van der Waals surface area (Å²) in [5.41, 5.74) is 0.573. The van der Waals surface area contributed by atoms with Crippen LogP contribution in [-0.4, -0.2) is 28.9 Å². The first-order valence-electron chi connectivity index (χ1n) is 4.04. The summed E-state index contributed by atoms with van der Waals surface area (Å²) in [5, 5.41) is 10.6. The highest BCUT2D eigenvalue weighted by Gasteiger charge is 2.09. The van der Waals surface area contributed by atoms with E-state index in [4.69, 9.17) is 0 Å². The van der Waals surface area contributed by atoms with E-state index in [0.29, 0.717) is 5.56 Å². The average Bonchev–Trinajstić information content (AvgIpc) is 2.15. The molecule has 0 atom stereocenters. The molecule has 74 valence electrons. The van der Waals surface area contributed by atoms with E-state index in [1.165, 1.54) is 12.4 Å². The van der Waals surface area contributed by atoms with Crippen LogP contribution in [0.2, 0.25) is 0 Å². The number of nitro groups is 1. The molecular formula is C9H11N3O2. The van der Waals surface area contributed by atoms with Gasteiger partial charge in [0.2, 0.25) is 0 Å². The molecule has 14 heavy (non-hydrogen) atoms. The first-order valence-corrected chi connectivity index (χ1v) is 4.04. The van der Waals surface area contributed by atoms with Crippen LogP contribution < -0.4 is 0 Å². The Morgan fingerprint density at radius 1 is 1.57 bits per heavy atom. The molecule has 0 aliphatic carbocycles. The average molecular weight is 193 g/mol. The minimum absolute atomic E-state index is 0.0191. The summed E-state index contributed by atoms with van der Waals surface area (Å²) in [6.45, 7) is 0. The number of hydrogen-bond acceptors (Lipinski definition) is 4. The minimum atomic E-state index is -0.442. The van der Waals surface area contributed by atoms with Crippen molar-refractivity contribution in [3.05, 3.63) is 40.3 Å². The van der Waals surface area contributed by atoms with Gasteiger partial charge in [0, 0.05) is 20.3 Å². The van der Waals surface area contributed by atoms with Crippen LogP contribution in [0.5, 0.6) is 0 Å². The second-order valence-corrected chi connectivity index (χ2v) is 2.97. The SMILES string of the molecule is CN(C)C=Cc1ccncc1[N+](=O)[O-]. The van der Waals surface area contributed by atoms with E-state index in [1.54, 1.807) is 18.3 Å². The van der Waals surface area contributed by atoms with Crippen LogP contribution in [0.3, 0.4) is 0 Å². The quantitative estimate of drug-likeness (QED) is 0.539. The van der Waals surface area contributed by atoms with Crippen molar-refractivity contribution in [2.75, 3.05) is 14.1 Å². The standard InChI is InChI=1S/C9H11N3O2/c1-11(2)6-4-8-3-5-10-7-9(8)12(13)14/h3-7H,1-2H3. The first-order chi connectivity index (χ1) is 6.61. The van der Waals surface area contributed by atoms with Crippen molar-refractivity contribution in [1.29, 1.82) is 0 Å². The highest BCUT2D eigenvalue weighted by atomic mass is 16.6. The lowest BCUT2D eigenvalue weighted by Gasteiger charge is -2.03. The summed E-state index contributed by atoms with van der Waals surface area (Å²) < 4.78 is 0. The fraction of sp³-hybridized carbons (Fsp3) is 0.222. The van der Waals surface area contributed by atoms with Crippen molar-refractivity contribution in [3.8, 4) is 0 Å². The molecule has 0 saturated heterocycles. The zero-order chi connectivity index (χ0) is 10.6. The van der Waals surface area contributed by atoms with Gasteiger partial charge in [0.15, 0.2) is 0 Å². The molecule has 1 heterocycles. The van der Waals surface area contributed by atoms with Gasteiger partial charge in [-0.2, -0.15) is 0 Å². The molecular weight excluding hydrogens is 182 g/mol. The molecule has 1 rings (SSSR count). The van der Waals surface area contributed by atoms with Crippen LogP contribution in [0.25, 0.3) is 6.08 Å². The van der Waals surface area contributed by atoms with Crippen molar-refractivity contribution in [3.63, 3.8) is 0 Å². The topological polar surface area (TPSA) is 59.3 Å². The Morgan fingerprint density at radius 2 is 2.29 bits per heavy atom. The zero-order valence-corrected chi connectivity index (χ0v) is 8.04. The second kappa shape index (κ2) is 4.36. The molecule has 1 aromatic rings. The molecule has 0 N–H and O–H groups in total. The summed E-state index contributed by atoms with van der Waals surface area (Å²) in [6, 6.07) is 1.61. The predicted octanol–water partition coefficient (Wildman–Crippen LogP) is 1.52. The fourth-order valence-corrected chi connectivity index (χ4v) is 0.920. The van der Waals surface area contributed by atoms with Crippen LogP contribution in [0.4, 0.5) is 5.69 Å². The number of hydrogen-bond donors (Lipinski definition) is 0. The molecule has 0 bridgehead atoms. The van der Waals surface area contributed by atoms with E-state index >= 15 is 0 Å². The normalized spacial score (nSPS) is 10.4. The molecule has 0 saturated carbocycles. The monoisotopic (exact) mass is 193 g/mol. The van der Waals surface area contributed by atoms with Crippen LogP contribution in [-0.2, 0) is 0 Å². The predicted molar refractivity (Wildman–Crippen MR) is 53.6 cm³/mol. The fourth-order valence-electron chi connectivity index (χ4n) is 0.920. The maximum absolute atomic E-state index is 10.6. The summed E-state index contributed by atoms with van der Waals surface area (Å²) in [6.07, 6.45) is 6.21. The van der Waals surface area contributed by atoms with E-state index in [2.05, 4.69) is 4.98 Å². The van der Waals surface area contributed by atoms with Crippen LogP contribution >= 0.6 is 0 Å². The number of nitrogens with zero attached hydrogens (tertiary/aromatic N) is 3. The van der Waals surface area contributed by atoms with Gasteiger partial charge in [0.1, 0.15) is 6.20 Å². The van der Waals surface area contributed by atoms with Crippen LogP contribution in [0.1, 0.15) is 5.56 Å². The van der Waals surface area contributed by atoms with Gasteiger partial charge < -0.3 is 4.90 Å². The molecule has 5 heteroatoms. The van der Waals surface area contributed by atoms with E-state index in [-0.39, 0.29) is 5.69 Å². The molecule has 0 aromatic carbocycles. The van der Waals surface area contributed by atoms with Crippen molar-refractivity contribution in [1.82, 2.24) is 9.88 Å². The number of pyridine rings is 1. The summed E-state index contributed by atoms with van der Waals surface area (Å²) >= 11 is 0. The Kier molecular flexibility index (Phi) is 3.17. The Balaban J connectivity index is 3.02. The molecule has 0 aliphatic rings. The van der Waals surface area contributed by atoms with Crippen molar-refractivity contribution in [2.24, 2.45) is 0 Å². The highest BCUT2D eigenvalue weighted by Crippen LogP contribution is 2.17. The molecule has 1 aromatic heterocycles. The minimum Gasteiger partial charge on any atom is -0.383 e. The number of rotatable bonds is 3. The lowest BCUT2D eigenvalue weighted by molar-refractivity contribution is -0.385. The molecule has 0 radical (unpaired) electrons. The van der Waals surface area contributed by atoms with Gasteiger partial charge >= 0.3 is 0 Å². The van der Waals surface area contributed by atoms with Gasteiger partial charge in [0.25, 0.3) is 5.69 Å². The van der Waals surface area contributed by atoms with Gasteiger partial charge in [-0.3, -0.25) is 15.1 Å². The lowest BCUT2D eigenvalue weighted by Crippen LogP contribution is -2.00. The van der Waals surface area contributed by atoms with E-state index in [1.807, 2.05) is 19.0 Å². The second-order valence-electron chi connectivity index (χ2n) is 2.97. The molecule has 0 fully saturated rings. The lowest BCUT2D eigenvalue weighted by atomic mass is 10.2. The Hall–Kier alpha value is -1.91. The van der Waals surface area contributed by atoms with Gasteiger partial charge in [-0.1, -0.05) is 0 Å². The largest absolute Gasteiger partial charge is 0.383 e. The Labute approximate surface area is 81.8 Å². The summed E-state index contributed by atoms with van der Waals surface area (Å²) in [5.74, 6) is 0. The van der Waals surface area contributed by atoms with Gasteiger partial charge in [-0.25, -0.2) is 0 Å². The van der Waals surface area contributed by atoms with Crippen molar-refractivity contribution in [2.45, 2.75) is 0 Å². The molecule has 0 aliphatic heterocycles. The highest BCUT2D eigenvalue weighted by molar-refractivity contribution is 5.59. The summed E-state index contributed by atoms with van der Waals surface area (Å²) in [7, 11) is 3.70. The zero-order valence-electron chi connectivity index (χ0n) is 8.04. The van der Waals surface area contributed by atoms with Gasteiger partial charge in [-0.15, -0.1) is 0 Å². The molecule has 0 unspecified atom stereocenters. The number of aromatic nitrogens is 1. The van der Waals surface area contributed by atoms with Gasteiger partial charge in [0.05, 0.1) is 10.5 Å². The molecule has 0 amide bonds. The summed E-state index contributed by atoms with van der Waals surface area (Å²) in [4.78, 5) is 15.7. The first kappa shape index (κ1) is 10.2. The van der Waals surface area contributed by atoms with E-state index < -0.39 is 4.92 Å². The van der Waals surface area contributed by atoms with Crippen molar-refractivity contribution >= 4 is 11.8 Å². The molecule has 0 spiro atoms. The van der Waals surface area contributed by atoms with Crippen LogP contribution in [0.15, 0.2) is 24.7 Å². The van der Waals surface area contributed by atoms with Gasteiger partial charge in [-0.05, 0) is 18.3 Å². The third-order valence-corrected chi connectivity index (χ3v) is 1.58. The smallest absolute Gasteiger partial charge is 0.294 e. The van der Waals surface area contributed by atoms with E-state index in [0.717, 1.165) is 0 Å². The third kappa shape index (κ3) is 2.55. The Bertz CT molecular complexity index is 361. The van der Waals surface area contributed by atoms with E-state index in [9.17, 15) is 10.1 Å².